The molecule has 0 aromatic heterocycles. The van der Waals surface area contributed by atoms with Gasteiger partial charge in [0.15, 0.2) is 0 Å². The van der Waals surface area contributed by atoms with Crippen LogP contribution >= 0.6 is 0 Å². The smallest absolute Gasteiger partial charge is 0.346 e. The van der Waals surface area contributed by atoms with Crippen molar-refractivity contribution in [2.45, 2.75) is 81.7 Å². The molecule has 2 atom stereocenters. The number of hydrogen-bond acceptors (Lipinski definition) is 2. The average Bonchev–Trinajstić information content (AvgIpc) is 2.89. The van der Waals surface area contributed by atoms with Crippen molar-refractivity contribution in [2.75, 3.05) is 13.1 Å². The summed E-state index contributed by atoms with van der Waals surface area (Å²) in [6.45, 7) is 3.02. The molecular weight excluding hydrogens is 544 g/mol. The van der Waals surface area contributed by atoms with Crippen LogP contribution < -0.4 is 5.32 Å². The summed E-state index contributed by atoms with van der Waals surface area (Å²) in [7, 11) is 0. The fourth-order valence-corrected chi connectivity index (χ4v) is 5.82. The van der Waals surface area contributed by atoms with Crippen LogP contribution in [0, 0.1) is 5.92 Å². The van der Waals surface area contributed by atoms with Crippen LogP contribution in [-0.4, -0.2) is 35.9 Å². The Morgan fingerprint density at radius 1 is 0.925 bits per heavy atom. The number of amides is 1. The lowest BCUT2D eigenvalue weighted by molar-refractivity contribution is -0.143. The predicted molar refractivity (Wildman–Crippen MR) is 134 cm³/mol. The molecule has 220 valence electrons. The Bertz CT molecular complexity index is 1150. The van der Waals surface area contributed by atoms with Crippen molar-refractivity contribution < 1.29 is 39.9 Å². The highest BCUT2D eigenvalue weighted by Crippen LogP contribution is 2.43. The third-order valence-corrected chi connectivity index (χ3v) is 8.50. The van der Waals surface area contributed by atoms with E-state index in [1.54, 1.807) is 35.2 Å². The molecule has 4 rings (SSSR count). The fraction of sp³-hybridized carbons (Fsp3) is 0.552. The van der Waals surface area contributed by atoms with Gasteiger partial charge in [0.25, 0.3) is 5.92 Å². The standard InChI is InChI=1S/C29H32F8N2O/c1-18-10-13-39(17-27(18,30)31)24-8-11-26(12-9-24,21-6-4-3-5-7-21)38-25(40)19(2)20-14-22(28(32,33)34)16-23(15-20)29(35,36)37/h3-7,14-16,18-19,24H,8-13,17H2,1-2H3,(H,38,40). The van der Waals surface area contributed by atoms with Crippen LogP contribution in [0.5, 0.6) is 0 Å². The second-order valence-electron chi connectivity index (χ2n) is 11.2. The van der Waals surface area contributed by atoms with Crippen LogP contribution in [0.25, 0.3) is 0 Å². The monoisotopic (exact) mass is 576 g/mol. The molecule has 1 saturated heterocycles. The van der Waals surface area contributed by atoms with E-state index in [1.807, 2.05) is 0 Å². The third kappa shape index (κ3) is 6.44. The van der Waals surface area contributed by atoms with Crippen molar-refractivity contribution in [2.24, 2.45) is 5.92 Å². The van der Waals surface area contributed by atoms with Crippen LogP contribution in [0.3, 0.4) is 0 Å². The first-order valence-corrected chi connectivity index (χ1v) is 13.3. The van der Waals surface area contributed by atoms with Gasteiger partial charge >= 0.3 is 12.4 Å². The average molecular weight is 577 g/mol. The first-order valence-electron chi connectivity index (χ1n) is 13.3. The Hall–Kier alpha value is -2.69. The topological polar surface area (TPSA) is 32.3 Å². The maximum absolute atomic E-state index is 14.4. The highest BCUT2D eigenvalue weighted by atomic mass is 19.4. The lowest BCUT2D eigenvalue weighted by Gasteiger charge is -2.47. The number of halogens is 8. The van der Waals surface area contributed by atoms with Gasteiger partial charge in [0.05, 0.1) is 29.1 Å². The number of rotatable bonds is 5. The van der Waals surface area contributed by atoms with E-state index in [0.29, 0.717) is 50.8 Å². The lowest BCUT2D eigenvalue weighted by Crippen LogP contribution is -2.55. The number of likely N-dealkylation sites (tertiary alicyclic amines) is 1. The lowest BCUT2D eigenvalue weighted by atomic mass is 9.73. The van der Waals surface area contributed by atoms with Crippen molar-refractivity contribution in [3.63, 3.8) is 0 Å². The van der Waals surface area contributed by atoms with E-state index < -0.39 is 58.2 Å². The number of piperidine rings is 1. The molecule has 2 aromatic rings. The minimum absolute atomic E-state index is 0.0335. The van der Waals surface area contributed by atoms with Gasteiger partial charge < -0.3 is 5.32 Å². The first-order chi connectivity index (χ1) is 18.5. The molecule has 0 spiro atoms. The zero-order valence-corrected chi connectivity index (χ0v) is 22.2. The summed E-state index contributed by atoms with van der Waals surface area (Å²) >= 11 is 0. The zero-order chi connectivity index (χ0) is 29.5. The molecule has 40 heavy (non-hydrogen) atoms. The number of nitrogens with one attached hydrogen (secondary N) is 1. The van der Waals surface area contributed by atoms with Gasteiger partial charge in [-0.2, -0.15) is 26.3 Å². The summed E-state index contributed by atoms with van der Waals surface area (Å²) in [6, 6.07) is 9.98. The molecule has 1 N–H and O–H groups in total. The Morgan fingerprint density at radius 3 is 1.98 bits per heavy atom. The maximum Gasteiger partial charge on any atom is 0.416 e. The Balaban J connectivity index is 1.58. The molecule has 2 fully saturated rings. The molecule has 1 amide bonds. The van der Waals surface area contributed by atoms with Crippen LogP contribution in [-0.2, 0) is 22.7 Å². The molecule has 2 aromatic carbocycles. The van der Waals surface area contributed by atoms with Crippen LogP contribution in [0.4, 0.5) is 35.1 Å². The fourth-order valence-electron chi connectivity index (χ4n) is 5.82. The number of alkyl halides is 8. The van der Waals surface area contributed by atoms with Gasteiger partial charge in [-0.1, -0.05) is 37.3 Å². The normalized spacial score (nSPS) is 26.8. The van der Waals surface area contributed by atoms with Crippen molar-refractivity contribution in [1.29, 1.82) is 0 Å². The molecule has 1 heterocycles. The van der Waals surface area contributed by atoms with Gasteiger partial charge in [-0.15, -0.1) is 0 Å². The Labute approximate surface area is 227 Å². The zero-order valence-electron chi connectivity index (χ0n) is 22.2. The van der Waals surface area contributed by atoms with Gasteiger partial charge in [0.2, 0.25) is 5.91 Å². The molecular formula is C29H32F8N2O. The molecule has 3 nitrogen and oxygen atoms in total. The minimum Gasteiger partial charge on any atom is -0.346 e. The molecule has 11 heteroatoms. The summed E-state index contributed by atoms with van der Waals surface area (Å²) < 4.78 is 109. The summed E-state index contributed by atoms with van der Waals surface area (Å²) in [5, 5.41) is 2.94. The maximum atomic E-state index is 14.4. The Morgan fingerprint density at radius 2 is 1.48 bits per heavy atom. The summed E-state index contributed by atoms with van der Waals surface area (Å²) in [4.78, 5) is 15.2. The molecule has 2 aliphatic rings. The highest BCUT2D eigenvalue weighted by Gasteiger charge is 2.46. The summed E-state index contributed by atoms with van der Waals surface area (Å²) in [5.41, 5.74) is -3.57. The van der Waals surface area contributed by atoms with Crippen LogP contribution in [0.1, 0.15) is 74.1 Å². The number of nitrogens with zero attached hydrogens (tertiary/aromatic N) is 1. The molecule has 1 aliphatic carbocycles. The molecule has 0 radical (unpaired) electrons. The predicted octanol–water partition coefficient (Wildman–Crippen LogP) is 7.76. The highest BCUT2D eigenvalue weighted by molar-refractivity contribution is 5.84. The van der Waals surface area contributed by atoms with Crippen molar-refractivity contribution >= 4 is 5.91 Å². The first kappa shape index (κ1) is 30.3. The van der Waals surface area contributed by atoms with Crippen molar-refractivity contribution in [3.8, 4) is 0 Å². The van der Waals surface area contributed by atoms with E-state index in [0.717, 1.165) is 5.56 Å². The molecule has 0 bridgehead atoms. The number of hydrogen-bond donors (Lipinski definition) is 1. The van der Waals surface area contributed by atoms with Crippen LogP contribution in [0.15, 0.2) is 48.5 Å². The van der Waals surface area contributed by atoms with E-state index >= 15 is 0 Å². The van der Waals surface area contributed by atoms with E-state index in [4.69, 9.17) is 0 Å². The van der Waals surface area contributed by atoms with E-state index in [1.165, 1.54) is 13.8 Å². The molecule has 1 aliphatic heterocycles. The largest absolute Gasteiger partial charge is 0.416 e. The number of carbonyl (C=O) groups is 1. The van der Waals surface area contributed by atoms with E-state index in [-0.39, 0.29) is 18.7 Å². The third-order valence-electron chi connectivity index (χ3n) is 8.50. The van der Waals surface area contributed by atoms with Crippen LogP contribution in [0.2, 0.25) is 0 Å². The van der Waals surface area contributed by atoms with Gasteiger partial charge in [-0.05, 0) is 74.9 Å². The molecule has 1 saturated carbocycles. The second-order valence-corrected chi connectivity index (χ2v) is 11.2. The summed E-state index contributed by atoms with van der Waals surface area (Å²) in [5.74, 6) is -5.53. The van der Waals surface area contributed by atoms with E-state index in [9.17, 15) is 39.9 Å². The number of carbonyl (C=O) groups excluding carboxylic acids is 1. The van der Waals surface area contributed by atoms with Crippen molar-refractivity contribution in [3.05, 3.63) is 70.8 Å². The SMILES string of the molecule is CC(C(=O)NC1(c2ccccc2)CCC(N2CCC(C)C(F)(F)C2)CC1)c1cc(C(F)(F)F)cc(C(F)(F)F)c1. The number of benzene rings is 2. The minimum atomic E-state index is -5.03. The summed E-state index contributed by atoms with van der Waals surface area (Å²) in [6.07, 6.45) is -7.93. The van der Waals surface area contributed by atoms with Gasteiger partial charge in [-0.25, -0.2) is 8.78 Å². The Kier molecular flexibility index (Phi) is 8.28. The van der Waals surface area contributed by atoms with Gasteiger partial charge in [0, 0.05) is 12.0 Å². The van der Waals surface area contributed by atoms with E-state index in [2.05, 4.69) is 5.32 Å². The second kappa shape index (κ2) is 10.9. The van der Waals surface area contributed by atoms with Gasteiger partial charge in [-0.3, -0.25) is 9.69 Å². The molecule has 2 unspecified atom stereocenters. The van der Waals surface area contributed by atoms with Crippen molar-refractivity contribution in [1.82, 2.24) is 10.2 Å². The quantitative estimate of drug-likeness (QED) is 0.369. The van der Waals surface area contributed by atoms with Gasteiger partial charge in [0.1, 0.15) is 0 Å².